The number of amides is 1. The average molecular weight is 266 g/mol. The minimum atomic E-state index is -0.901. The first-order valence-electron chi connectivity index (χ1n) is 5.87. The highest BCUT2D eigenvalue weighted by molar-refractivity contribution is 6.30. The van der Waals surface area contributed by atoms with Crippen LogP contribution in [0.25, 0.3) is 0 Å². The number of fused-ring (bicyclic) bond motifs is 1. The summed E-state index contributed by atoms with van der Waals surface area (Å²) in [6, 6.07) is 5.89. The molecular formula is C13H12ClNO3. The minimum Gasteiger partial charge on any atom is -0.480 e. The predicted octanol–water partition coefficient (Wildman–Crippen LogP) is 1.89. The molecule has 1 aromatic carbocycles. The number of carboxylic acids is 1. The molecule has 0 spiro atoms. The normalized spacial score (nSPS) is 28.9. The quantitative estimate of drug-likeness (QED) is 0.888. The van der Waals surface area contributed by atoms with Crippen LogP contribution < -0.4 is 0 Å². The molecule has 5 heteroatoms. The van der Waals surface area contributed by atoms with E-state index >= 15 is 0 Å². The third-order valence-electron chi connectivity index (χ3n) is 3.75. The summed E-state index contributed by atoms with van der Waals surface area (Å²) in [5.74, 6) is -0.588. The van der Waals surface area contributed by atoms with E-state index in [-0.39, 0.29) is 11.8 Å². The summed E-state index contributed by atoms with van der Waals surface area (Å²) in [7, 11) is 0. The molecule has 2 aliphatic rings. The van der Waals surface area contributed by atoms with Crippen molar-refractivity contribution < 1.29 is 14.7 Å². The van der Waals surface area contributed by atoms with Crippen LogP contribution in [-0.2, 0) is 4.79 Å². The molecule has 94 valence electrons. The zero-order chi connectivity index (χ0) is 12.9. The number of nitrogens with zero attached hydrogens (tertiary/aromatic N) is 1. The van der Waals surface area contributed by atoms with Crippen LogP contribution >= 0.6 is 11.6 Å². The lowest BCUT2D eigenvalue weighted by Crippen LogP contribution is -2.43. The molecule has 1 amide bonds. The monoisotopic (exact) mass is 265 g/mol. The van der Waals surface area contributed by atoms with Gasteiger partial charge in [0.2, 0.25) is 0 Å². The summed E-state index contributed by atoms with van der Waals surface area (Å²) in [6.45, 7) is 0.559. The Morgan fingerprint density at radius 3 is 2.56 bits per heavy atom. The number of piperidine rings is 1. The van der Waals surface area contributed by atoms with Crippen molar-refractivity contribution in [2.75, 3.05) is 6.54 Å². The second kappa shape index (κ2) is 3.99. The molecule has 1 aromatic rings. The fourth-order valence-corrected chi connectivity index (χ4v) is 2.87. The van der Waals surface area contributed by atoms with E-state index in [9.17, 15) is 14.7 Å². The first-order valence-corrected chi connectivity index (χ1v) is 6.25. The van der Waals surface area contributed by atoms with Gasteiger partial charge >= 0.3 is 5.97 Å². The first kappa shape index (κ1) is 11.5. The molecule has 0 radical (unpaired) electrons. The standard InChI is InChI=1S/C13H12ClNO3/c14-9-3-1-7(2-4-9)12(16)15-6-8-5-10(8)11(15)13(17)18/h1-4,8,10-11H,5-6H2,(H,17,18)/t8-,10-,11-/m1/s1. The van der Waals surface area contributed by atoms with Gasteiger partial charge in [-0.05, 0) is 42.5 Å². The summed E-state index contributed by atoms with van der Waals surface area (Å²) in [5, 5.41) is 9.77. The van der Waals surface area contributed by atoms with E-state index in [0.29, 0.717) is 23.0 Å². The Bertz CT molecular complexity index is 513. The topological polar surface area (TPSA) is 57.6 Å². The Labute approximate surface area is 109 Å². The van der Waals surface area contributed by atoms with Crippen LogP contribution in [0.4, 0.5) is 0 Å². The Balaban J connectivity index is 1.84. The number of likely N-dealkylation sites (tertiary alicyclic amines) is 1. The Hall–Kier alpha value is -1.55. The minimum absolute atomic E-state index is 0.152. The van der Waals surface area contributed by atoms with Crippen LogP contribution in [0.2, 0.25) is 5.02 Å². The molecule has 4 nitrogen and oxygen atoms in total. The molecule has 1 heterocycles. The Morgan fingerprint density at radius 2 is 1.94 bits per heavy atom. The predicted molar refractivity (Wildman–Crippen MR) is 65.5 cm³/mol. The van der Waals surface area contributed by atoms with Gasteiger partial charge in [0.05, 0.1) is 0 Å². The molecule has 0 unspecified atom stereocenters. The Kier molecular flexibility index (Phi) is 2.55. The third-order valence-corrected chi connectivity index (χ3v) is 4.01. The molecule has 1 saturated heterocycles. The second-order valence-electron chi connectivity index (χ2n) is 4.91. The van der Waals surface area contributed by atoms with E-state index in [1.807, 2.05) is 0 Å². The van der Waals surface area contributed by atoms with E-state index in [1.165, 1.54) is 4.90 Å². The number of hydrogen-bond donors (Lipinski definition) is 1. The van der Waals surface area contributed by atoms with Gasteiger partial charge < -0.3 is 10.0 Å². The summed E-state index contributed by atoms with van der Waals surface area (Å²) >= 11 is 5.77. The lowest BCUT2D eigenvalue weighted by atomic mass is 10.1. The Morgan fingerprint density at radius 1 is 1.28 bits per heavy atom. The zero-order valence-corrected chi connectivity index (χ0v) is 10.3. The fourth-order valence-electron chi connectivity index (χ4n) is 2.75. The molecule has 1 aliphatic heterocycles. The van der Waals surface area contributed by atoms with Gasteiger partial charge in [-0.2, -0.15) is 0 Å². The van der Waals surface area contributed by atoms with E-state index in [0.717, 1.165) is 6.42 Å². The highest BCUT2D eigenvalue weighted by atomic mass is 35.5. The van der Waals surface area contributed by atoms with E-state index in [1.54, 1.807) is 24.3 Å². The van der Waals surface area contributed by atoms with Gasteiger partial charge in [0, 0.05) is 17.1 Å². The third kappa shape index (κ3) is 1.77. The SMILES string of the molecule is O=C(O)[C@H]1[C@@H]2C[C@@H]2CN1C(=O)c1ccc(Cl)cc1. The molecule has 18 heavy (non-hydrogen) atoms. The van der Waals surface area contributed by atoms with Gasteiger partial charge in [-0.25, -0.2) is 4.79 Å². The van der Waals surface area contributed by atoms with Crippen LogP contribution in [0, 0.1) is 11.8 Å². The molecular weight excluding hydrogens is 254 g/mol. The highest BCUT2D eigenvalue weighted by Gasteiger charge is 2.57. The summed E-state index contributed by atoms with van der Waals surface area (Å²) < 4.78 is 0. The molecule has 0 aromatic heterocycles. The van der Waals surface area contributed by atoms with Crippen molar-refractivity contribution in [3.63, 3.8) is 0 Å². The van der Waals surface area contributed by atoms with Crippen LogP contribution in [0.5, 0.6) is 0 Å². The second-order valence-corrected chi connectivity index (χ2v) is 5.34. The van der Waals surface area contributed by atoms with Crippen molar-refractivity contribution in [1.82, 2.24) is 4.90 Å². The maximum Gasteiger partial charge on any atom is 0.326 e. The molecule has 1 saturated carbocycles. The van der Waals surface area contributed by atoms with Gasteiger partial charge in [0.1, 0.15) is 6.04 Å². The van der Waals surface area contributed by atoms with Gasteiger partial charge in [0.25, 0.3) is 5.91 Å². The van der Waals surface area contributed by atoms with E-state index < -0.39 is 12.0 Å². The average Bonchev–Trinajstić information content (AvgIpc) is 2.99. The van der Waals surface area contributed by atoms with Crippen LogP contribution in [-0.4, -0.2) is 34.5 Å². The van der Waals surface area contributed by atoms with Gasteiger partial charge in [0.15, 0.2) is 0 Å². The number of hydrogen-bond acceptors (Lipinski definition) is 2. The van der Waals surface area contributed by atoms with Crippen LogP contribution in [0.15, 0.2) is 24.3 Å². The van der Waals surface area contributed by atoms with Crippen LogP contribution in [0.1, 0.15) is 16.8 Å². The number of carbonyl (C=O) groups excluding carboxylic acids is 1. The number of benzene rings is 1. The zero-order valence-electron chi connectivity index (χ0n) is 9.54. The van der Waals surface area contributed by atoms with Gasteiger partial charge in [-0.15, -0.1) is 0 Å². The molecule has 1 N–H and O–H groups in total. The highest BCUT2D eigenvalue weighted by Crippen LogP contribution is 2.49. The molecule has 3 atom stereocenters. The number of carbonyl (C=O) groups is 2. The van der Waals surface area contributed by atoms with Crippen molar-refractivity contribution in [3.8, 4) is 0 Å². The number of carboxylic acid groups (broad SMARTS) is 1. The fraction of sp³-hybridized carbons (Fsp3) is 0.385. The number of aliphatic carboxylic acids is 1. The van der Waals surface area contributed by atoms with Crippen molar-refractivity contribution in [2.45, 2.75) is 12.5 Å². The van der Waals surface area contributed by atoms with Gasteiger partial charge in [-0.3, -0.25) is 4.79 Å². The smallest absolute Gasteiger partial charge is 0.326 e. The summed E-state index contributed by atoms with van der Waals surface area (Å²) in [4.78, 5) is 25.0. The molecule has 1 aliphatic carbocycles. The van der Waals surface area contributed by atoms with E-state index in [2.05, 4.69) is 0 Å². The number of rotatable bonds is 2. The van der Waals surface area contributed by atoms with Crippen molar-refractivity contribution in [1.29, 1.82) is 0 Å². The molecule has 3 rings (SSSR count). The maximum absolute atomic E-state index is 12.3. The van der Waals surface area contributed by atoms with E-state index in [4.69, 9.17) is 11.6 Å². The van der Waals surface area contributed by atoms with Crippen LogP contribution in [0.3, 0.4) is 0 Å². The summed E-state index contributed by atoms with van der Waals surface area (Å²) in [5.41, 5.74) is 0.493. The largest absolute Gasteiger partial charge is 0.480 e. The van der Waals surface area contributed by atoms with Crippen molar-refractivity contribution >= 4 is 23.5 Å². The lowest BCUT2D eigenvalue weighted by molar-refractivity contribution is -0.142. The summed E-state index contributed by atoms with van der Waals surface area (Å²) in [6.07, 6.45) is 0.932. The molecule has 0 bridgehead atoms. The number of halogens is 1. The van der Waals surface area contributed by atoms with Crippen molar-refractivity contribution in [2.24, 2.45) is 11.8 Å². The van der Waals surface area contributed by atoms with Gasteiger partial charge in [-0.1, -0.05) is 11.6 Å². The molecule has 2 fully saturated rings. The maximum atomic E-state index is 12.3. The lowest BCUT2D eigenvalue weighted by Gasteiger charge is -2.24. The first-order chi connectivity index (χ1) is 8.58. The van der Waals surface area contributed by atoms with Crippen molar-refractivity contribution in [3.05, 3.63) is 34.9 Å².